The summed E-state index contributed by atoms with van der Waals surface area (Å²) in [6.07, 6.45) is 6.29. The predicted molar refractivity (Wildman–Crippen MR) is 69.2 cm³/mol. The molecule has 0 aliphatic heterocycles. The summed E-state index contributed by atoms with van der Waals surface area (Å²) in [5.41, 5.74) is 5.85. The fraction of sp³-hybridized carbons (Fsp3) is 0.917. The zero-order valence-corrected chi connectivity index (χ0v) is 10.9. The zero-order chi connectivity index (χ0) is 12.5. The van der Waals surface area contributed by atoms with Gasteiger partial charge in [0.15, 0.2) is 5.96 Å². The summed E-state index contributed by atoms with van der Waals surface area (Å²) in [5.74, 6) is 0.523. The number of aliphatic imine (C=N–C) groups is 1. The summed E-state index contributed by atoms with van der Waals surface area (Å²) in [4.78, 5) is 4.29. The van der Waals surface area contributed by atoms with Crippen molar-refractivity contribution in [3.63, 3.8) is 0 Å². The molecule has 1 unspecified atom stereocenters. The normalized spacial score (nSPS) is 20.2. The van der Waals surface area contributed by atoms with E-state index in [0.29, 0.717) is 25.2 Å². The van der Waals surface area contributed by atoms with Crippen LogP contribution in [0.4, 0.5) is 0 Å². The van der Waals surface area contributed by atoms with Crippen LogP contribution in [-0.2, 0) is 9.47 Å². The van der Waals surface area contributed by atoms with Crippen LogP contribution in [-0.4, -0.2) is 45.5 Å². The Morgan fingerprint density at radius 1 is 1.35 bits per heavy atom. The van der Waals surface area contributed by atoms with Gasteiger partial charge < -0.3 is 20.5 Å². The number of guanidine groups is 1. The van der Waals surface area contributed by atoms with Gasteiger partial charge in [0, 0.05) is 20.3 Å². The number of hydrogen-bond acceptors (Lipinski definition) is 3. The van der Waals surface area contributed by atoms with Gasteiger partial charge in [-0.05, 0) is 12.8 Å². The molecule has 3 N–H and O–H groups in total. The number of hydrogen-bond donors (Lipinski definition) is 2. The maximum Gasteiger partial charge on any atom is 0.188 e. The maximum atomic E-state index is 5.85. The van der Waals surface area contributed by atoms with E-state index in [0.717, 1.165) is 0 Å². The van der Waals surface area contributed by atoms with Gasteiger partial charge >= 0.3 is 0 Å². The molecule has 0 aromatic carbocycles. The highest BCUT2D eigenvalue weighted by Gasteiger charge is 2.13. The summed E-state index contributed by atoms with van der Waals surface area (Å²) < 4.78 is 10.2. The monoisotopic (exact) mass is 243 g/mol. The summed E-state index contributed by atoms with van der Waals surface area (Å²) in [5, 5.41) is 3.27. The molecule has 1 aliphatic carbocycles. The molecule has 0 saturated heterocycles. The first-order chi connectivity index (χ1) is 8.26. The van der Waals surface area contributed by atoms with E-state index in [9.17, 15) is 0 Å². The van der Waals surface area contributed by atoms with E-state index in [4.69, 9.17) is 15.2 Å². The molecule has 0 aromatic heterocycles. The third-order valence-corrected chi connectivity index (χ3v) is 3.11. The number of methoxy groups -OCH3 is 2. The van der Waals surface area contributed by atoms with Crippen molar-refractivity contribution in [1.82, 2.24) is 5.32 Å². The second-order valence-electron chi connectivity index (χ2n) is 4.52. The summed E-state index contributed by atoms with van der Waals surface area (Å²) in [6.45, 7) is 1.08. The lowest BCUT2D eigenvalue weighted by molar-refractivity contribution is 0.0343. The van der Waals surface area contributed by atoms with Gasteiger partial charge in [0.05, 0.1) is 13.2 Å². The lowest BCUT2D eigenvalue weighted by Crippen LogP contribution is -2.41. The number of ether oxygens (including phenoxy) is 2. The molecule has 0 radical (unpaired) electrons. The average Bonchev–Trinajstić information content (AvgIpc) is 2.35. The smallest absolute Gasteiger partial charge is 0.188 e. The number of nitrogens with zero attached hydrogens (tertiary/aromatic N) is 1. The first-order valence-electron chi connectivity index (χ1n) is 6.34. The fourth-order valence-electron chi connectivity index (χ4n) is 2.08. The first-order valence-corrected chi connectivity index (χ1v) is 6.34. The van der Waals surface area contributed by atoms with Gasteiger partial charge in [0.2, 0.25) is 0 Å². The van der Waals surface area contributed by atoms with Crippen LogP contribution in [0.3, 0.4) is 0 Å². The molecule has 1 aliphatic rings. The Labute approximate surface area is 104 Å². The van der Waals surface area contributed by atoms with Crippen LogP contribution in [0.5, 0.6) is 0 Å². The van der Waals surface area contributed by atoms with E-state index < -0.39 is 0 Å². The van der Waals surface area contributed by atoms with E-state index in [1.54, 1.807) is 14.2 Å². The minimum atomic E-state index is -0.0216. The Morgan fingerprint density at radius 3 is 2.65 bits per heavy atom. The van der Waals surface area contributed by atoms with Crippen LogP contribution in [0.25, 0.3) is 0 Å². The third-order valence-electron chi connectivity index (χ3n) is 3.11. The first kappa shape index (κ1) is 14.3. The highest BCUT2D eigenvalue weighted by Crippen LogP contribution is 2.16. The average molecular weight is 243 g/mol. The summed E-state index contributed by atoms with van der Waals surface area (Å²) in [7, 11) is 3.31. The standard InChI is InChI=1S/C12H25N3O2/c1-16-9-11(17-2)8-14-12(13)15-10-6-4-3-5-7-10/h10-11H,3-9H2,1-2H3,(H3,13,14,15). The molecule has 17 heavy (non-hydrogen) atoms. The van der Waals surface area contributed by atoms with Crippen LogP contribution in [0.15, 0.2) is 4.99 Å². The molecule has 5 heteroatoms. The molecule has 0 spiro atoms. The molecule has 0 bridgehead atoms. The molecule has 0 aromatic rings. The fourth-order valence-corrected chi connectivity index (χ4v) is 2.08. The minimum absolute atomic E-state index is 0.0216. The van der Waals surface area contributed by atoms with Crippen molar-refractivity contribution in [3.05, 3.63) is 0 Å². The highest BCUT2D eigenvalue weighted by atomic mass is 16.5. The van der Waals surface area contributed by atoms with Crippen molar-refractivity contribution in [2.24, 2.45) is 10.7 Å². The molecule has 1 rings (SSSR count). The molecule has 0 heterocycles. The van der Waals surface area contributed by atoms with Crippen molar-refractivity contribution in [2.45, 2.75) is 44.2 Å². The Morgan fingerprint density at radius 2 is 2.06 bits per heavy atom. The second-order valence-corrected chi connectivity index (χ2v) is 4.52. The van der Waals surface area contributed by atoms with E-state index in [-0.39, 0.29) is 6.10 Å². The molecule has 100 valence electrons. The van der Waals surface area contributed by atoms with Crippen molar-refractivity contribution in [1.29, 1.82) is 0 Å². The van der Waals surface area contributed by atoms with Gasteiger partial charge in [0.25, 0.3) is 0 Å². The molecular weight excluding hydrogens is 218 g/mol. The Hall–Kier alpha value is -0.810. The Bertz CT molecular complexity index is 228. The van der Waals surface area contributed by atoms with E-state index in [1.165, 1.54) is 32.1 Å². The van der Waals surface area contributed by atoms with E-state index in [1.807, 2.05) is 0 Å². The van der Waals surface area contributed by atoms with Crippen molar-refractivity contribution in [3.8, 4) is 0 Å². The largest absolute Gasteiger partial charge is 0.382 e. The lowest BCUT2D eigenvalue weighted by Gasteiger charge is -2.23. The molecule has 5 nitrogen and oxygen atoms in total. The second kappa shape index (κ2) is 8.31. The van der Waals surface area contributed by atoms with Gasteiger partial charge in [-0.3, -0.25) is 4.99 Å². The number of nitrogens with two attached hydrogens (primary N) is 1. The highest BCUT2D eigenvalue weighted by molar-refractivity contribution is 5.78. The van der Waals surface area contributed by atoms with Crippen LogP contribution >= 0.6 is 0 Å². The summed E-state index contributed by atoms with van der Waals surface area (Å²) >= 11 is 0. The van der Waals surface area contributed by atoms with E-state index in [2.05, 4.69) is 10.3 Å². The molecule has 1 fully saturated rings. The number of nitrogens with one attached hydrogen (secondary N) is 1. The van der Waals surface area contributed by atoms with Crippen molar-refractivity contribution >= 4 is 5.96 Å². The van der Waals surface area contributed by atoms with Crippen molar-refractivity contribution < 1.29 is 9.47 Å². The Balaban J connectivity index is 2.26. The van der Waals surface area contributed by atoms with Gasteiger partial charge in [-0.15, -0.1) is 0 Å². The van der Waals surface area contributed by atoms with Crippen LogP contribution in [0.1, 0.15) is 32.1 Å². The van der Waals surface area contributed by atoms with Gasteiger partial charge in [-0.1, -0.05) is 19.3 Å². The zero-order valence-electron chi connectivity index (χ0n) is 10.9. The molecule has 1 saturated carbocycles. The maximum absolute atomic E-state index is 5.85. The SMILES string of the molecule is COCC(CN=C(N)NC1CCCCC1)OC. The van der Waals surface area contributed by atoms with Gasteiger partial charge in [0.1, 0.15) is 6.10 Å². The minimum Gasteiger partial charge on any atom is -0.382 e. The Kier molecular flexibility index (Phi) is 6.96. The number of rotatable bonds is 6. The quantitative estimate of drug-likeness (QED) is 0.537. The predicted octanol–water partition coefficient (Wildman–Crippen LogP) is 0.885. The molecular formula is C12H25N3O2. The summed E-state index contributed by atoms with van der Waals surface area (Å²) in [6, 6.07) is 0.496. The van der Waals surface area contributed by atoms with E-state index >= 15 is 0 Å². The van der Waals surface area contributed by atoms with Crippen LogP contribution in [0.2, 0.25) is 0 Å². The third kappa shape index (κ3) is 5.89. The van der Waals surface area contributed by atoms with Crippen molar-refractivity contribution in [2.75, 3.05) is 27.4 Å². The topological polar surface area (TPSA) is 68.9 Å². The lowest BCUT2D eigenvalue weighted by atomic mass is 9.96. The molecule has 1 atom stereocenters. The van der Waals surface area contributed by atoms with Gasteiger partial charge in [-0.2, -0.15) is 0 Å². The van der Waals surface area contributed by atoms with Gasteiger partial charge in [-0.25, -0.2) is 0 Å². The molecule has 0 amide bonds. The van der Waals surface area contributed by atoms with Crippen LogP contribution < -0.4 is 11.1 Å². The van der Waals surface area contributed by atoms with Crippen LogP contribution in [0, 0.1) is 0 Å².